The Labute approximate surface area is 151 Å². The molecule has 0 aromatic heterocycles. The molecule has 3 heteroatoms. The molecule has 1 aromatic rings. The van der Waals surface area contributed by atoms with Gasteiger partial charge in [-0.2, -0.15) is 0 Å². The van der Waals surface area contributed by atoms with Crippen molar-refractivity contribution in [2.75, 3.05) is 6.16 Å². The summed E-state index contributed by atoms with van der Waals surface area (Å²) in [7, 11) is 0.321. The molecule has 0 saturated heterocycles. The van der Waals surface area contributed by atoms with Gasteiger partial charge >= 0.3 is 0 Å². The molecule has 0 unspecified atom stereocenters. The van der Waals surface area contributed by atoms with Crippen LogP contribution in [0.1, 0.15) is 84.8 Å². The summed E-state index contributed by atoms with van der Waals surface area (Å²) in [4.78, 5) is 0. The van der Waals surface area contributed by atoms with Crippen LogP contribution in [0.4, 0.5) is 0 Å². The fraction of sp³-hybridized carbons (Fsp3) is 0.714. The zero-order valence-corrected chi connectivity index (χ0v) is 17.7. The second kappa shape index (κ2) is 10.9. The van der Waals surface area contributed by atoms with E-state index in [2.05, 4.69) is 41.5 Å². The minimum Gasteiger partial charge on any atom is -0.508 e. The molecular weight excluding hydrogens is 315 g/mol. The van der Waals surface area contributed by atoms with Crippen LogP contribution in [0.15, 0.2) is 18.2 Å². The largest absolute Gasteiger partial charge is 0.508 e. The first kappa shape index (κ1) is 23.1. The van der Waals surface area contributed by atoms with Crippen molar-refractivity contribution in [2.45, 2.75) is 86.0 Å². The molecule has 2 nitrogen and oxygen atoms in total. The average Bonchev–Trinajstić information content (AvgIpc) is 2.53. The van der Waals surface area contributed by atoms with E-state index in [1.807, 2.05) is 19.1 Å². The smallest absolute Gasteiger partial charge is 0.155 e. The molecule has 1 rings (SSSR count). The number of benzene rings is 1. The highest BCUT2D eigenvalue weighted by Crippen LogP contribution is 2.35. The van der Waals surface area contributed by atoms with Crippen LogP contribution in [0.5, 0.6) is 5.75 Å². The van der Waals surface area contributed by atoms with Crippen molar-refractivity contribution in [2.24, 2.45) is 5.41 Å². The van der Waals surface area contributed by atoms with Crippen LogP contribution in [-0.4, -0.2) is 11.3 Å². The van der Waals surface area contributed by atoms with Gasteiger partial charge in [-0.1, -0.05) is 72.1 Å². The Bertz CT molecular complexity index is 485. The van der Waals surface area contributed by atoms with E-state index in [0.717, 1.165) is 11.7 Å². The molecule has 24 heavy (non-hydrogen) atoms. The van der Waals surface area contributed by atoms with Gasteiger partial charge in [-0.25, -0.2) is 0 Å². The number of rotatable bonds is 7. The predicted molar refractivity (Wildman–Crippen MR) is 107 cm³/mol. The number of aromatic hydroxyl groups is 1. The molecule has 0 aliphatic rings. The fourth-order valence-electron chi connectivity index (χ4n) is 2.85. The number of phenolic OH excluding ortho intramolecular Hbond substituents is 1. The minimum atomic E-state index is 0.0239. The lowest BCUT2D eigenvalue weighted by molar-refractivity contribution is 0.270. The maximum absolute atomic E-state index is 10.6. The Morgan fingerprint density at radius 1 is 1.08 bits per heavy atom. The zero-order chi connectivity index (χ0) is 18.8. The van der Waals surface area contributed by atoms with Crippen molar-refractivity contribution in [1.29, 1.82) is 0 Å². The Kier molecular flexibility index (Phi) is 10.5. The number of aryl methyl sites for hydroxylation is 1. The Morgan fingerprint density at radius 3 is 2.04 bits per heavy atom. The van der Waals surface area contributed by atoms with E-state index in [1.54, 1.807) is 6.07 Å². The van der Waals surface area contributed by atoms with Crippen LogP contribution in [0, 0.1) is 12.3 Å². The highest BCUT2D eigenvalue weighted by molar-refractivity contribution is 7.23. The van der Waals surface area contributed by atoms with Crippen molar-refractivity contribution in [3.8, 4) is 5.75 Å². The first-order valence-electron chi connectivity index (χ1n) is 9.25. The van der Waals surface area contributed by atoms with E-state index in [4.69, 9.17) is 0 Å². The summed E-state index contributed by atoms with van der Waals surface area (Å²) >= 11 is 0. The van der Waals surface area contributed by atoms with E-state index in [-0.39, 0.29) is 5.41 Å². The van der Waals surface area contributed by atoms with Gasteiger partial charge in [0.05, 0.1) is 0 Å². The second-order valence-corrected chi connectivity index (χ2v) is 8.44. The number of hydrogen-bond donors (Lipinski definition) is 1. The maximum atomic E-state index is 10.6. The summed E-state index contributed by atoms with van der Waals surface area (Å²) in [6, 6.07) is 5.72. The van der Waals surface area contributed by atoms with Crippen molar-refractivity contribution in [3.05, 3.63) is 29.3 Å². The molecule has 0 aliphatic carbocycles. The van der Waals surface area contributed by atoms with Crippen LogP contribution in [0.2, 0.25) is 0 Å². The molecule has 0 saturated carbocycles. The predicted octanol–water partition coefficient (Wildman–Crippen LogP) is 7.27. The topological polar surface area (TPSA) is 37.3 Å². The van der Waals surface area contributed by atoms with Gasteiger partial charge in [0.25, 0.3) is 0 Å². The van der Waals surface area contributed by atoms with Crippen LogP contribution >= 0.6 is 8.46 Å². The lowest BCUT2D eigenvalue weighted by atomic mass is 9.80. The van der Waals surface area contributed by atoms with Gasteiger partial charge in [0.1, 0.15) is 5.75 Å². The molecule has 0 heterocycles. The van der Waals surface area contributed by atoms with Crippen molar-refractivity contribution < 1.29 is 9.67 Å². The van der Waals surface area contributed by atoms with Crippen LogP contribution in [-0.2, 0) is 9.98 Å². The van der Waals surface area contributed by atoms with Crippen molar-refractivity contribution in [1.82, 2.24) is 0 Å². The Morgan fingerprint density at radius 2 is 1.67 bits per heavy atom. The first-order valence-corrected chi connectivity index (χ1v) is 10.2. The van der Waals surface area contributed by atoms with Gasteiger partial charge in [0, 0.05) is 6.16 Å². The second-order valence-electron chi connectivity index (χ2n) is 7.87. The normalized spacial score (nSPS) is 12.0. The summed E-state index contributed by atoms with van der Waals surface area (Å²) in [6.07, 6.45) is 6.94. The van der Waals surface area contributed by atoms with E-state index in [9.17, 15) is 9.67 Å². The molecule has 0 radical (unpaired) electrons. The first-order chi connectivity index (χ1) is 11.2. The van der Waals surface area contributed by atoms with Crippen LogP contribution < -0.4 is 0 Å². The lowest BCUT2D eigenvalue weighted by Crippen LogP contribution is -2.20. The van der Waals surface area contributed by atoms with Gasteiger partial charge in [-0.05, 0) is 48.6 Å². The standard InChI is InChI=1S/C11H16O.C10H21OP/c1-8-5-6-10(12)9(7-8)11(2,3)4;1-4-7-8-10(5-2,6-3)9-12-11/h5-7,12H,1-4H3;4-9H2,1-3H3. The van der Waals surface area contributed by atoms with Crippen LogP contribution in [0.3, 0.4) is 0 Å². The van der Waals surface area contributed by atoms with Gasteiger partial charge in [0.2, 0.25) is 0 Å². The van der Waals surface area contributed by atoms with Gasteiger partial charge in [-0.15, -0.1) is 0 Å². The van der Waals surface area contributed by atoms with Crippen molar-refractivity contribution in [3.63, 3.8) is 0 Å². The summed E-state index contributed by atoms with van der Waals surface area (Å²) < 4.78 is 10.6. The maximum Gasteiger partial charge on any atom is 0.155 e. The molecule has 1 N–H and O–H groups in total. The minimum absolute atomic E-state index is 0.0239. The van der Waals surface area contributed by atoms with Gasteiger partial charge in [-0.3, -0.25) is 4.57 Å². The number of unbranched alkanes of at least 4 members (excludes halogenated alkanes) is 1. The zero-order valence-electron chi connectivity index (χ0n) is 16.8. The highest BCUT2D eigenvalue weighted by atomic mass is 31.1. The molecule has 0 atom stereocenters. The molecule has 1 aromatic carbocycles. The Hall–Kier alpha value is -0.880. The van der Waals surface area contributed by atoms with E-state index < -0.39 is 0 Å². The molecule has 138 valence electrons. The average molecular weight is 352 g/mol. The molecular formula is C21H37O2P. The third-order valence-corrected chi connectivity index (χ3v) is 5.72. The fourth-order valence-corrected chi connectivity index (χ4v) is 3.72. The highest BCUT2D eigenvalue weighted by Gasteiger charge is 2.25. The molecule has 0 bridgehead atoms. The summed E-state index contributed by atoms with van der Waals surface area (Å²) in [6.45, 7) is 15.0. The summed E-state index contributed by atoms with van der Waals surface area (Å²) in [5, 5.41) is 9.57. The van der Waals surface area contributed by atoms with Crippen LogP contribution in [0.25, 0.3) is 0 Å². The van der Waals surface area contributed by atoms with E-state index >= 15 is 0 Å². The monoisotopic (exact) mass is 352 g/mol. The van der Waals surface area contributed by atoms with Gasteiger partial charge < -0.3 is 5.11 Å². The molecule has 0 aliphatic heterocycles. The number of phenols is 1. The SMILES string of the molecule is CCCCC(CC)(CC)CP=O.Cc1ccc(O)c(C(C)(C)C)c1. The Balaban J connectivity index is 0.000000441. The number of hydrogen-bond acceptors (Lipinski definition) is 2. The third kappa shape index (κ3) is 7.79. The van der Waals surface area contributed by atoms with Crippen molar-refractivity contribution >= 4 is 8.46 Å². The van der Waals surface area contributed by atoms with E-state index in [1.165, 1.54) is 37.7 Å². The summed E-state index contributed by atoms with van der Waals surface area (Å²) in [5.74, 6) is 0.396. The molecule has 0 fully saturated rings. The molecule has 0 spiro atoms. The summed E-state index contributed by atoms with van der Waals surface area (Å²) in [5.41, 5.74) is 2.59. The van der Waals surface area contributed by atoms with E-state index in [0.29, 0.717) is 19.6 Å². The lowest BCUT2D eigenvalue weighted by Gasteiger charge is -2.28. The quantitative estimate of drug-likeness (QED) is 0.524. The molecule has 0 amide bonds. The van der Waals surface area contributed by atoms with Gasteiger partial charge in [0.15, 0.2) is 8.46 Å². The third-order valence-electron chi connectivity index (χ3n) is 4.92.